The van der Waals surface area contributed by atoms with E-state index in [1.807, 2.05) is 0 Å². The van der Waals surface area contributed by atoms with Crippen LogP contribution in [0.1, 0.15) is 10.4 Å². The van der Waals surface area contributed by atoms with E-state index in [0.29, 0.717) is 16.7 Å². The van der Waals surface area contributed by atoms with E-state index >= 15 is 0 Å². The Morgan fingerprint density at radius 1 is 1.03 bits per heavy atom. The molecule has 1 amide bonds. The number of hydrogen-bond acceptors (Lipinski definition) is 5. The predicted octanol–water partition coefficient (Wildman–Crippen LogP) is 4.43. The molecule has 168 valence electrons. The summed E-state index contributed by atoms with van der Waals surface area (Å²) in [5.74, 6) is -1.83. The van der Waals surface area contributed by atoms with Crippen molar-refractivity contribution in [2.75, 3.05) is 5.32 Å². The number of hydrogen-bond donors (Lipinski definition) is 2. The van der Waals surface area contributed by atoms with Gasteiger partial charge in [0.05, 0.1) is 5.39 Å². The Balaban J connectivity index is 1.37. The first kappa shape index (κ1) is 21.0. The number of carbonyl (C=O) groups is 1. The molecule has 0 radical (unpaired) electrons. The second-order valence-electron chi connectivity index (χ2n) is 7.19. The van der Waals surface area contributed by atoms with Crippen molar-refractivity contribution in [1.29, 1.82) is 0 Å². The Kier molecular flexibility index (Phi) is 5.30. The summed E-state index contributed by atoms with van der Waals surface area (Å²) in [6.45, 7) is 0. The lowest BCUT2D eigenvalue weighted by Crippen LogP contribution is -2.27. The number of pyridine rings is 1. The van der Waals surface area contributed by atoms with Crippen molar-refractivity contribution in [3.05, 3.63) is 107 Å². The standard InChI is InChI=1S/C24H15F2N5O3/c25-14-3-6-16(7-4-14)31-11-1-2-18(24(31)33)22(32)30-15-5-8-20(19(26)12-15)34-23-17-9-10-27-21(17)28-13-29-23/h1-13H,(H,30,32)(H,27,28,29). The largest absolute Gasteiger partial charge is 0.435 e. The first-order valence-electron chi connectivity index (χ1n) is 10.0. The van der Waals surface area contributed by atoms with Crippen LogP contribution in [-0.4, -0.2) is 25.4 Å². The zero-order valence-corrected chi connectivity index (χ0v) is 17.3. The summed E-state index contributed by atoms with van der Waals surface area (Å²) in [7, 11) is 0. The van der Waals surface area contributed by atoms with Crippen LogP contribution < -0.4 is 15.6 Å². The fraction of sp³-hybridized carbons (Fsp3) is 0. The Bertz CT molecular complexity index is 1580. The highest BCUT2D eigenvalue weighted by atomic mass is 19.1. The summed E-state index contributed by atoms with van der Waals surface area (Å²) in [6.07, 6.45) is 4.42. The van der Waals surface area contributed by atoms with Crippen LogP contribution in [0, 0.1) is 11.6 Å². The molecule has 34 heavy (non-hydrogen) atoms. The third-order valence-electron chi connectivity index (χ3n) is 5.01. The number of rotatable bonds is 5. The van der Waals surface area contributed by atoms with Gasteiger partial charge in [-0.05, 0) is 54.6 Å². The molecule has 0 aliphatic heterocycles. The van der Waals surface area contributed by atoms with Crippen LogP contribution in [0.25, 0.3) is 16.7 Å². The highest BCUT2D eigenvalue weighted by Gasteiger charge is 2.16. The molecule has 2 aromatic carbocycles. The van der Waals surface area contributed by atoms with Gasteiger partial charge in [-0.1, -0.05) is 0 Å². The van der Waals surface area contributed by atoms with Crippen LogP contribution >= 0.6 is 0 Å². The number of fused-ring (bicyclic) bond motifs is 1. The van der Waals surface area contributed by atoms with Gasteiger partial charge in [0, 0.05) is 29.8 Å². The molecule has 8 nitrogen and oxygen atoms in total. The highest BCUT2D eigenvalue weighted by Crippen LogP contribution is 2.29. The maximum atomic E-state index is 14.7. The molecule has 0 bridgehead atoms. The first-order valence-corrected chi connectivity index (χ1v) is 10.0. The second-order valence-corrected chi connectivity index (χ2v) is 7.19. The highest BCUT2D eigenvalue weighted by molar-refractivity contribution is 6.04. The summed E-state index contributed by atoms with van der Waals surface area (Å²) >= 11 is 0. The number of nitrogens with one attached hydrogen (secondary N) is 2. The lowest BCUT2D eigenvalue weighted by Gasteiger charge is -2.10. The van der Waals surface area contributed by atoms with Crippen LogP contribution in [0.3, 0.4) is 0 Å². The maximum Gasteiger partial charge on any atom is 0.267 e. The number of aromatic nitrogens is 4. The summed E-state index contributed by atoms with van der Waals surface area (Å²) in [4.78, 5) is 36.5. The van der Waals surface area contributed by atoms with Gasteiger partial charge in [0.2, 0.25) is 5.88 Å². The summed E-state index contributed by atoms with van der Waals surface area (Å²) in [5, 5.41) is 3.09. The van der Waals surface area contributed by atoms with Crippen LogP contribution in [0.5, 0.6) is 11.6 Å². The Morgan fingerprint density at radius 3 is 2.65 bits per heavy atom. The van der Waals surface area contributed by atoms with Crippen molar-refractivity contribution in [3.8, 4) is 17.3 Å². The molecule has 3 heterocycles. The van der Waals surface area contributed by atoms with E-state index in [-0.39, 0.29) is 22.9 Å². The average Bonchev–Trinajstić information content (AvgIpc) is 3.31. The average molecular weight is 459 g/mol. The maximum absolute atomic E-state index is 14.7. The molecule has 0 unspecified atom stereocenters. The molecule has 0 saturated heterocycles. The Labute approximate surface area is 190 Å². The molecule has 0 fully saturated rings. The zero-order valence-electron chi connectivity index (χ0n) is 17.3. The smallest absolute Gasteiger partial charge is 0.267 e. The third-order valence-corrected chi connectivity index (χ3v) is 5.01. The van der Waals surface area contributed by atoms with E-state index in [2.05, 4.69) is 20.3 Å². The minimum Gasteiger partial charge on any atom is -0.435 e. The quantitative estimate of drug-likeness (QED) is 0.405. The van der Waals surface area contributed by atoms with Gasteiger partial charge in [-0.3, -0.25) is 14.2 Å². The summed E-state index contributed by atoms with van der Waals surface area (Å²) in [6, 6.07) is 13.7. The fourth-order valence-corrected chi connectivity index (χ4v) is 3.37. The van der Waals surface area contributed by atoms with Gasteiger partial charge in [-0.2, -0.15) is 0 Å². The lowest BCUT2D eigenvalue weighted by atomic mass is 10.2. The van der Waals surface area contributed by atoms with E-state index in [1.54, 1.807) is 12.3 Å². The molecule has 5 rings (SSSR count). The normalized spacial score (nSPS) is 10.9. The van der Waals surface area contributed by atoms with Gasteiger partial charge >= 0.3 is 0 Å². The minimum atomic E-state index is -0.739. The number of halogens is 2. The number of anilines is 1. The summed E-state index contributed by atoms with van der Waals surface area (Å²) < 4.78 is 34.7. The number of nitrogens with zero attached hydrogens (tertiary/aromatic N) is 3. The van der Waals surface area contributed by atoms with E-state index in [4.69, 9.17) is 4.74 Å². The molecule has 0 spiro atoms. The molecule has 2 N–H and O–H groups in total. The number of aromatic amines is 1. The van der Waals surface area contributed by atoms with Crippen LogP contribution in [-0.2, 0) is 0 Å². The molecule has 0 saturated carbocycles. The molecular weight excluding hydrogens is 444 g/mol. The third kappa shape index (κ3) is 3.99. The molecule has 5 aromatic rings. The topological polar surface area (TPSA) is 102 Å². The number of carbonyl (C=O) groups excluding carboxylic acids is 1. The Hall–Kier alpha value is -4.86. The molecule has 3 aromatic heterocycles. The first-order chi connectivity index (χ1) is 16.5. The van der Waals surface area contributed by atoms with E-state index in [9.17, 15) is 18.4 Å². The Morgan fingerprint density at radius 2 is 1.85 bits per heavy atom. The van der Waals surface area contributed by atoms with Gasteiger partial charge in [0.15, 0.2) is 11.6 Å². The molecule has 0 aliphatic rings. The number of H-pyrrole nitrogens is 1. The minimum absolute atomic E-state index is 0.0995. The molecule has 0 atom stereocenters. The lowest BCUT2D eigenvalue weighted by molar-refractivity contribution is 0.102. The van der Waals surface area contributed by atoms with Crippen LogP contribution in [0.4, 0.5) is 14.5 Å². The van der Waals surface area contributed by atoms with Gasteiger partial charge in [-0.25, -0.2) is 18.7 Å². The molecular formula is C24H15F2N5O3. The fourth-order valence-electron chi connectivity index (χ4n) is 3.37. The van der Waals surface area contributed by atoms with Gasteiger partial charge in [-0.15, -0.1) is 0 Å². The van der Waals surface area contributed by atoms with Crippen molar-refractivity contribution < 1.29 is 18.3 Å². The van der Waals surface area contributed by atoms with Crippen molar-refractivity contribution in [3.63, 3.8) is 0 Å². The predicted molar refractivity (Wildman–Crippen MR) is 120 cm³/mol. The monoisotopic (exact) mass is 459 g/mol. The van der Waals surface area contributed by atoms with Gasteiger partial charge in [0.25, 0.3) is 11.5 Å². The van der Waals surface area contributed by atoms with Gasteiger partial charge in [0.1, 0.15) is 23.4 Å². The number of amides is 1. The second kappa shape index (κ2) is 8.58. The molecule has 10 heteroatoms. The zero-order chi connectivity index (χ0) is 23.7. The van der Waals surface area contributed by atoms with E-state index < -0.39 is 23.1 Å². The SMILES string of the molecule is O=C(Nc1ccc(Oc2ncnc3[nH]ccc23)c(F)c1)c1cccn(-c2ccc(F)cc2)c1=O. The van der Waals surface area contributed by atoms with E-state index in [1.165, 1.54) is 65.6 Å². The number of benzene rings is 2. The van der Waals surface area contributed by atoms with Crippen molar-refractivity contribution >= 4 is 22.6 Å². The van der Waals surface area contributed by atoms with Crippen molar-refractivity contribution in [2.24, 2.45) is 0 Å². The number of ether oxygens (including phenoxy) is 1. The summed E-state index contributed by atoms with van der Waals surface area (Å²) in [5.41, 5.74) is 0.300. The van der Waals surface area contributed by atoms with Crippen LogP contribution in [0.2, 0.25) is 0 Å². The van der Waals surface area contributed by atoms with Crippen LogP contribution in [0.15, 0.2) is 84.2 Å². The molecule has 0 aliphatic carbocycles. The van der Waals surface area contributed by atoms with Crippen molar-refractivity contribution in [2.45, 2.75) is 0 Å². The van der Waals surface area contributed by atoms with E-state index in [0.717, 1.165) is 6.07 Å². The van der Waals surface area contributed by atoms with Crippen molar-refractivity contribution in [1.82, 2.24) is 19.5 Å². The van der Waals surface area contributed by atoms with Gasteiger partial charge < -0.3 is 15.0 Å².